The van der Waals surface area contributed by atoms with Gasteiger partial charge in [0.15, 0.2) is 0 Å². The van der Waals surface area contributed by atoms with E-state index in [1.807, 2.05) is 6.07 Å². The molecule has 1 N–H and O–H groups in total. The lowest BCUT2D eigenvalue weighted by Gasteiger charge is -2.11. The van der Waals surface area contributed by atoms with E-state index in [1.54, 1.807) is 0 Å². The Morgan fingerprint density at radius 1 is 1.29 bits per heavy atom. The van der Waals surface area contributed by atoms with Crippen LogP contribution in [0.5, 0.6) is 0 Å². The monoisotopic (exact) mass is 247 g/mol. The fourth-order valence-electron chi connectivity index (χ4n) is 1.61. The first kappa shape index (κ1) is 12.0. The molecule has 0 saturated carbocycles. The van der Waals surface area contributed by atoms with E-state index in [9.17, 15) is 0 Å². The largest absolute Gasteiger partial charge is 0.360 e. The van der Waals surface area contributed by atoms with Crippen molar-refractivity contribution in [3.8, 4) is 0 Å². The summed E-state index contributed by atoms with van der Waals surface area (Å²) in [6, 6.07) is 10.5. The Morgan fingerprint density at radius 2 is 2.06 bits per heavy atom. The van der Waals surface area contributed by atoms with Crippen LogP contribution in [0.2, 0.25) is 0 Å². The minimum absolute atomic E-state index is 0.477. The van der Waals surface area contributed by atoms with Gasteiger partial charge in [0.05, 0.1) is 0 Å². The fraction of sp³-hybridized carbons (Fsp3) is 0.385. The summed E-state index contributed by atoms with van der Waals surface area (Å²) >= 11 is 1.44. The van der Waals surface area contributed by atoms with Gasteiger partial charge in [-0.3, -0.25) is 0 Å². The van der Waals surface area contributed by atoms with Crippen LogP contribution in [0.1, 0.15) is 31.2 Å². The molecule has 0 fully saturated rings. The molecule has 1 atom stereocenters. The van der Waals surface area contributed by atoms with Crippen LogP contribution in [0, 0.1) is 0 Å². The van der Waals surface area contributed by atoms with E-state index in [4.69, 9.17) is 0 Å². The van der Waals surface area contributed by atoms with Crippen molar-refractivity contribution < 1.29 is 0 Å². The first-order valence-corrected chi connectivity index (χ1v) is 6.68. The van der Waals surface area contributed by atoms with Crippen LogP contribution >= 0.6 is 11.5 Å². The number of nitrogens with one attached hydrogen (secondary N) is 1. The zero-order chi connectivity index (χ0) is 12.1. The van der Waals surface area contributed by atoms with Gasteiger partial charge < -0.3 is 5.32 Å². The third-order valence-electron chi connectivity index (χ3n) is 2.71. The van der Waals surface area contributed by atoms with Gasteiger partial charge in [0.2, 0.25) is 5.13 Å². The van der Waals surface area contributed by atoms with Gasteiger partial charge in [0.25, 0.3) is 0 Å². The van der Waals surface area contributed by atoms with Crippen molar-refractivity contribution >= 4 is 16.7 Å². The van der Waals surface area contributed by atoms with Crippen LogP contribution in [-0.2, 0) is 6.42 Å². The average Bonchev–Trinajstić information content (AvgIpc) is 2.85. The summed E-state index contributed by atoms with van der Waals surface area (Å²) in [7, 11) is 0. The van der Waals surface area contributed by atoms with E-state index in [0.29, 0.717) is 5.92 Å². The van der Waals surface area contributed by atoms with Gasteiger partial charge in [-0.15, -0.1) is 0 Å². The number of anilines is 1. The lowest BCUT2D eigenvalue weighted by atomic mass is 10.0. The summed E-state index contributed by atoms with van der Waals surface area (Å²) in [6.07, 6.45) is 0.895. The molecular formula is C13H17N3S. The van der Waals surface area contributed by atoms with Crippen LogP contribution in [0.15, 0.2) is 30.3 Å². The van der Waals surface area contributed by atoms with Crippen molar-refractivity contribution in [2.75, 3.05) is 11.9 Å². The predicted molar refractivity (Wildman–Crippen MR) is 72.6 cm³/mol. The second kappa shape index (κ2) is 5.77. The van der Waals surface area contributed by atoms with Gasteiger partial charge in [-0.1, -0.05) is 44.2 Å². The van der Waals surface area contributed by atoms with Gasteiger partial charge >= 0.3 is 0 Å². The molecule has 0 bridgehead atoms. The van der Waals surface area contributed by atoms with Crippen LogP contribution in [0.25, 0.3) is 0 Å². The number of rotatable bonds is 5. The number of benzene rings is 1. The van der Waals surface area contributed by atoms with Crippen LogP contribution < -0.4 is 5.32 Å². The Hall–Kier alpha value is -1.42. The molecule has 0 radical (unpaired) electrons. The third-order valence-corrected chi connectivity index (χ3v) is 3.42. The van der Waals surface area contributed by atoms with E-state index in [1.165, 1.54) is 17.1 Å². The molecule has 90 valence electrons. The molecular weight excluding hydrogens is 230 g/mol. The van der Waals surface area contributed by atoms with E-state index in [2.05, 4.69) is 52.8 Å². The standard InChI is InChI=1S/C13H17N3S/c1-3-12-15-13(17-16-12)14-9-10(2)11-7-5-4-6-8-11/h4-8,10H,3,9H2,1-2H3,(H,14,15,16). The Balaban J connectivity index is 1.90. The number of hydrogen-bond donors (Lipinski definition) is 1. The second-order valence-corrected chi connectivity index (χ2v) is 4.81. The Kier molecular flexibility index (Phi) is 4.09. The highest BCUT2D eigenvalue weighted by atomic mass is 32.1. The molecule has 2 aromatic rings. The van der Waals surface area contributed by atoms with Gasteiger partial charge in [-0.25, -0.2) is 4.98 Å². The summed E-state index contributed by atoms with van der Waals surface area (Å²) in [4.78, 5) is 4.39. The quantitative estimate of drug-likeness (QED) is 0.880. The Morgan fingerprint density at radius 3 is 2.71 bits per heavy atom. The highest BCUT2D eigenvalue weighted by molar-refractivity contribution is 7.09. The van der Waals surface area contributed by atoms with Crippen molar-refractivity contribution in [2.45, 2.75) is 26.2 Å². The lowest BCUT2D eigenvalue weighted by Crippen LogP contribution is -2.09. The first-order valence-electron chi connectivity index (χ1n) is 5.91. The maximum Gasteiger partial charge on any atom is 0.202 e. The minimum atomic E-state index is 0.477. The van der Waals surface area contributed by atoms with Gasteiger partial charge in [-0.2, -0.15) is 4.37 Å². The maximum atomic E-state index is 4.39. The summed E-state index contributed by atoms with van der Waals surface area (Å²) in [5.74, 6) is 1.40. The molecule has 1 aromatic heterocycles. The van der Waals surface area contributed by atoms with E-state index in [-0.39, 0.29) is 0 Å². The number of hydrogen-bond acceptors (Lipinski definition) is 4. The molecule has 0 amide bonds. The molecule has 0 aliphatic heterocycles. The molecule has 1 aromatic carbocycles. The highest BCUT2D eigenvalue weighted by Crippen LogP contribution is 2.17. The second-order valence-electron chi connectivity index (χ2n) is 4.06. The van der Waals surface area contributed by atoms with Gasteiger partial charge in [0, 0.05) is 24.5 Å². The van der Waals surface area contributed by atoms with Crippen LogP contribution in [0.3, 0.4) is 0 Å². The molecule has 1 unspecified atom stereocenters. The van der Waals surface area contributed by atoms with Crippen LogP contribution in [-0.4, -0.2) is 15.9 Å². The van der Waals surface area contributed by atoms with Crippen molar-refractivity contribution in [1.29, 1.82) is 0 Å². The first-order chi connectivity index (χ1) is 8.29. The SMILES string of the molecule is CCc1nsc(NCC(C)c2ccccc2)n1. The molecule has 0 saturated heterocycles. The molecule has 3 nitrogen and oxygen atoms in total. The van der Waals surface area contributed by atoms with Crippen molar-refractivity contribution in [1.82, 2.24) is 9.36 Å². The van der Waals surface area contributed by atoms with E-state index < -0.39 is 0 Å². The number of aromatic nitrogens is 2. The summed E-state index contributed by atoms with van der Waals surface area (Å²) in [6.45, 7) is 5.17. The number of nitrogens with zero attached hydrogens (tertiary/aromatic N) is 2. The maximum absolute atomic E-state index is 4.39. The lowest BCUT2D eigenvalue weighted by molar-refractivity contribution is 0.803. The van der Waals surface area contributed by atoms with E-state index in [0.717, 1.165) is 23.9 Å². The van der Waals surface area contributed by atoms with Crippen molar-refractivity contribution in [3.63, 3.8) is 0 Å². The predicted octanol–water partition coefficient (Wildman–Crippen LogP) is 3.32. The highest BCUT2D eigenvalue weighted by Gasteiger charge is 2.06. The summed E-state index contributed by atoms with van der Waals surface area (Å²) < 4.78 is 4.25. The smallest absolute Gasteiger partial charge is 0.202 e. The fourth-order valence-corrected chi connectivity index (χ4v) is 2.27. The zero-order valence-electron chi connectivity index (χ0n) is 10.2. The minimum Gasteiger partial charge on any atom is -0.360 e. The molecule has 17 heavy (non-hydrogen) atoms. The average molecular weight is 247 g/mol. The zero-order valence-corrected chi connectivity index (χ0v) is 11.0. The normalized spacial score (nSPS) is 12.4. The molecule has 0 aliphatic rings. The van der Waals surface area contributed by atoms with Crippen LogP contribution in [0.4, 0.5) is 5.13 Å². The Labute approximate surface area is 106 Å². The van der Waals surface area contributed by atoms with Crippen molar-refractivity contribution in [2.24, 2.45) is 0 Å². The summed E-state index contributed by atoms with van der Waals surface area (Å²) in [5.41, 5.74) is 1.35. The van der Waals surface area contributed by atoms with Gasteiger partial charge in [-0.05, 0) is 11.5 Å². The summed E-state index contributed by atoms with van der Waals surface area (Å²) in [5, 5.41) is 4.26. The molecule has 2 rings (SSSR count). The third kappa shape index (κ3) is 3.27. The van der Waals surface area contributed by atoms with E-state index >= 15 is 0 Å². The molecule has 1 heterocycles. The topological polar surface area (TPSA) is 37.8 Å². The Bertz CT molecular complexity index is 453. The molecule has 4 heteroatoms. The van der Waals surface area contributed by atoms with Crippen molar-refractivity contribution in [3.05, 3.63) is 41.7 Å². The number of aryl methyl sites for hydroxylation is 1. The molecule has 0 spiro atoms. The molecule has 0 aliphatic carbocycles. The van der Waals surface area contributed by atoms with Gasteiger partial charge in [0.1, 0.15) is 5.82 Å².